The fraction of sp³-hybridized carbons (Fsp3) is 0.286. The SMILES string of the molecule is CN(C)n1cnc2cncnc21. The van der Waals surface area contributed by atoms with Gasteiger partial charge in [-0.1, -0.05) is 0 Å². The van der Waals surface area contributed by atoms with Crippen LogP contribution in [0.5, 0.6) is 0 Å². The molecule has 0 atom stereocenters. The lowest BCUT2D eigenvalue weighted by Gasteiger charge is -2.12. The topological polar surface area (TPSA) is 46.8 Å². The Labute approximate surface area is 69.7 Å². The summed E-state index contributed by atoms with van der Waals surface area (Å²) in [4.78, 5) is 12.1. The van der Waals surface area contributed by atoms with Gasteiger partial charge in [-0.05, 0) is 0 Å². The lowest BCUT2D eigenvalue weighted by molar-refractivity contribution is 0.745. The molecule has 62 valence electrons. The van der Waals surface area contributed by atoms with Crippen LogP contribution < -0.4 is 5.01 Å². The van der Waals surface area contributed by atoms with E-state index >= 15 is 0 Å². The summed E-state index contributed by atoms with van der Waals surface area (Å²) in [6.45, 7) is 0. The molecule has 0 radical (unpaired) electrons. The molecule has 0 saturated heterocycles. The first-order valence-corrected chi connectivity index (χ1v) is 3.59. The molecule has 0 aromatic carbocycles. The van der Waals surface area contributed by atoms with Gasteiger partial charge in [0.05, 0.1) is 6.20 Å². The molecule has 5 nitrogen and oxygen atoms in total. The summed E-state index contributed by atoms with van der Waals surface area (Å²) >= 11 is 0. The Morgan fingerprint density at radius 2 is 2.17 bits per heavy atom. The van der Waals surface area contributed by atoms with Crippen molar-refractivity contribution in [3.63, 3.8) is 0 Å². The standard InChI is InChI=1S/C7H9N5/c1-11(2)12-5-10-6-3-8-4-9-7(6)12/h3-5H,1-2H3. The maximum atomic E-state index is 4.14. The summed E-state index contributed by atoms with van der Waals surface area (Å²) in [5, 5.41) is 1.91. The second-order valence-electron chi connectivity index (χ2n) is 2.67. The minimum Gasteiger partial charge on any atom is -0.316 e. The van der Waals surface area contributed by atoms with Crippen molar-refractivity contribution in [2.75, 3.05) is 19.1 Å². The molecular formula is C7H9N5. The molecule has 2 rings (SSSR count). The summed E-state index contributed by atoms with van der Waals surface area (Å²) in [5.74, 6) is 0. The van der Waals surface area contributed by atoms with Gasteiger partial charge >= 0.3 is 0 Å². The zero-order valence-corrected chi connectivity index (χ0v) is 6.97. The highest BCUT2D eigenvalue weighted by Gasteiger charge is 2.02. The van der Waals surface area contributed by atoms with Crippen molar-refractivity contribution >= 4 is 11.2 Å². The van der Waals surface area contributed by atoms with Crippen LogP contribution in [0.25, 0.3) is 11.2 Å². The van der Waals surface area contributed by atoms with Gasteiger partial charge < -0.3 is 5.01 Å². The van der Waals surface area contributed by atoms with Crippen molar-refractivity contribution in [2.24, 2.45) is 0 Å². The van der Waals surface area contributed by atoms with Crippen LogP contribution >= 0.6 is 0 Å². The van der Waals surface area contributed by atoms with Gasteiger partial charge in [-0.3, -0.25) is 0 Å². The van der Waals surface area contributed by atoms with Crippen LogP contribution in [-0.4, -0.2) is 33.7 Å². The van der Waals surface area contributed by atoms with Gasteiger partial charge in [0, 0.05) is 14.1 Å². The van der Waals surface area contributed by atoms with E-state index in [0.29, 0.717) is 0 Å². The maximum absolute atomic E-state index is 4.14. The number of rotatable bonds is 1. The van der Waals surface area contributed by atoms with Crippen LogP contribution in [0.1, 0.15) is 0 Å². The molecule has 0 aliphatic carbocycles. The van der Waals surface area contributed by atoms with E-state index < -0.39 is 0 Å². The lowest BCUT2D eigenvalue weighted by Crippen LogP contribution is -2.23. The molecule has 12 heavy (non-hydrogen) atoms. The van der Waals surface area contributed by atoms with E-state index in [9.17, 15) is 0 Å². The Morgan fingerprint density at radius 3 is 2.92 bits per heavy atom. The molecule has 0 amide bonds. The third kappa shape index (κ3) is 0.903. The zero-order chi connectivity index (χ0) is 8.55. The summed E-state index contributed by atoms with van der Waals surface area (Å²) in [6, 6.07) is 0. The normalized spacial score (nSPS) is 10.5. The number of hydrogen-bond donors (Lipinski definition) is 0. The third-order valence-electron chi connectivity index (χ3n) is 1.63. The highest BCUT2D eigenvalue weighted by molar-refractivity contribution is 5.69. The van der Waals surface area contributed by atoms with Crippen molar-refractivity contribution < 1.29 is 0 Å². The average Bonchev–Trinajstić information content (AvgIpc) is 2.47. The molecule has 0 fully saturated rings. The lowest BCUT2D eigenvalue weighted by atomic mass is 10.6. The summed E-state index contributed by atoms with van der Waals surface area (Å²) in [7, 11) is 3.87. The molecule has 0 N–H and O–H groups in total. The van der Waals surface area contributed by atoms with Crippen molar-refractivity contribution in [2.45, 2.75) is 0 Å². The van der Waals surface area contributed by atoms with Crippen molar-refractivity contribution in [1.82, 2.24) is 19.6 Å². The van der Waals surface area contributed by atoms with E-state index in [1.807, 2.05) is 23.8 Å². The first-order chi connectivity index (χ1) is 5.79. The quantitative estimate of drug-likeness (QED) is 0.594. The maximum Gasteiger partial charge on any atom is 0.182 e. The molecule has 0 aliphatic rings. The van der Waals surface area contributed by atoms with E-state index in [1.54, 1.807) is 12.5 Å². The van der Waals surface area contributed by atoms with Gasteiger partial charge in [0.2, 0.25) is 0 Å². The predicted molar refractivity (Wildman–Crippen MR) is 45.4 cm³/mol. The van der Waals surface area contributed by atoms with E-state index in [-0.39, 0.29) is 0 Å². The van der Waals surface area contributed by atoms with Gasteiger partial charge in [0.15, 0.2) is 5.65 Å². The van der Waals surface area contributed by atoms with Crippen LogP contribution in [0, 0.1) is 0 Å². The minimum atomic E-state index is 0.811. The molecule has 2 aromatic rings. The number of fused-ring (bicyclic) bond motifs is 1. The fourth-order valence-electron chi connectivity index (χ4n) is 1.05. The second-order valence-corrected chi connectivity index (χ2v) is 2.67. The van der Waals surface area contributed by atoms with Crippen molar-refractivity contribution in [3.05, 3.63) is 18.9 Å². The number of imidazole rings is 1. The van der Waals surface area contributed by atoms with Gasteiger partial charge in [-0.2, -0.15) is 0 Å². The molecule has 0 spiro atoms. The Kier molecular flexibility index (Phi) is 1.43. The summed E-state index contributed by atoms with van der Waals surface area (Å²) < 4.78 is 1.86. The van der Waals surface area contributed by atoms with E-state index in [1.165, 1.54) is 6.33 Å². The van der Waals surface area contributed by atoms with Gasteiger partial charge in [-0.25, -0.2) is 19.6 Å². The second kappa shape index (κ2) is 2.44. The molecule has 0 saturated carbocycles. The first kappa shape index (κ1) is 7.02. The van der Waals surface area contributed by atoms with Crippen LogP contribution in [0.2, 0.25) is 0 Å². The highest BCUT2D eigenvalue weighted by Crippen LogP contribution is 2.05. The Hall–Kier alpha value is -1.65. The number of hydrogen-bond acceptors (Lipinski definition) is 4. The molecule has 0 aliphatic heterocycles. The van der Waals surface area contributed by atoms with E-state index in [4.69, 9.17) is 0 Å². The number of nitrogens with zero attached hydrogens (tertiary/aromatic N) is 5. The Bertz CT molecular complexity index is 391. The first-order valence-electron chi connectivity index (χ1n) is 3.59. The number of aromatic nitrogens is 4. The summed E-state index contributed by atoms with van der Waals surface area (Å²) in [5.41, 5.74) is 1.64. The van der Waals surface area contributed by atoms with E-state index in [0.717, 1.165) is 11.2 Å². The molecule has 0 bridgehead atoms. The molecule has 0 unspecified atom stereocenters. The van der Waals surface area contributed by atoms with E-state index in [2.05, 4.69) is 15.0 Å². The summed E-state index contributed by atoms with van der Waals surface area (Å²) in [6.07, 6.45) is 4.94. The van der Waals surface area contributed by atoms with Crippen LogP contribution in [0.15, 0.2) is 18.9 Å². The monoisotopic (exact) mass is 163 g/mol. The third-order valence-corrected chi connectivity index (χ3v) is 1.63. The Morgan fingerprint density at radius 1 is 1.33 bits per heavy atom. The minimum absolute atomic E-state index is 0.811. The fourth-order valence-corrected chi connectivity index (χ4v) is 1.05. The van der Waals surface area contributed by atoms with Crippen LogP contribution in [-0.2, 0) is 0 Å². The zero-order valence-electron chi connectivity index (χ0n) is 6.97. The molecule has 2 heterocycles. The molecule has 5 heteroatoms. The largest absolute Gasteiger partial charge is 0.316 e. The van der Waals surface area contributed by atoms with Gasteiger partial charge in [-0.15, -0.1) is 0 Å². The predicted octanol–water partition coefficient (Wildman–Crippen LogP) is 0.0239. The van der Waals surface area contributed by atoms with Gasteiger partial charge in [0.1, 0.15) is 18.2 Å². The average molecular weight is 163 g/mol. The molecular weight excluding hydrogens is 154 g/mol. The van der Waals surface area contributed by atoms with Crippen LogP contribution in [0.4, 0.5) is 0 Å². The van der Waals surface area contributed by atoms with Crippen molar-refractivity contribution in [1.29, 1.82) is 0 Å². The molecule has 2 aromatic heterocycles. The van der Waals surface area contributed by atoms with Crippen LogP contribution in [0.3, 0.4) is 0 Å². The Balaban J connectivity index is 2.70. The van der Waals surface area contributed by atoms with Crippen molar-refractivity contribution in [3.8, 4) is 0 Å². The smallest absolute Gasteiger partial charge is 0.182 e. The van der Waals surface area contributed by atoms with Gasteiger partial charge in [0.25, 0.3) is 0 Å². The highest BCUT2D eigenvalue weighted by atomic mass is 15.5.